The average Bonchev–Trinajstić information content (AvgIpc) is 2.66. The molecule has 0 bridgehead atoms. The summed E-state index contributed by atoms with van der Waals surface area (Å²) in [5.41, 5.74) is 0. The molecule has 1 saturated heterocycles. The molecule has 1 fully saturated rings. The van der Waals surface area contributed by atoms with Crippen LogP contribution in [-0.2, 0) is 19.6 Å². The Hall–Kier alpha value is -0.660. The maximum Gasteiger partial charge on any atom is 0.303 e. The van der Waals surface area contributed by atoms with Gasteiger partial charge in [-0.05, 0) is 18.8 Å². The summed E-state index contributed by atoms with van der Waals surface area (Å²) in [6.45, 7) is 1.19. The summed E-state index contributed by atoms with van der Waals surface area (Å²) in [5, 5.41) is 8.65. The van der Waals surface area contributed by atoms with E-state index < -0.39 is 16.0 Å². The average molecular weight is 265 g/mol. The predicted molar refractivity (Wildman–Crippen MR) is 62.2 cm³/mol. The van der Waals surface area contributed by atoms with Gasteiger partial charge in [-0.2, -0.15) is 0 Å². The molecule has 0 aromatic carbocycles. The van der Waals surface area contributed by atoms with Crippen LogP contribution in [0, 0.1) is 5.92 Å². The van der Waals surface area contributed by atoms with E-state index in [9.17, 15) is 13.2 Å². The van der Waals surface area contributed by atoms with Gasteiger partial charge in [0.1, 0.15) is 0 Å². The Morgan fingerprint density at radius 2 is 2.24 bits per heavy atom. The lowest BCUT2D eigenvalue weighted by molar-refractivity contribution is -0.137. The molecule has 1 atom stereocenters. The van der Waals surface area contributed by atoms with Gasteiger partial charge in [-0.25, -0.2) is 12.7 Å². The summed E-state index contributed by atoms with van der Waals surface area (Å²) in [5.74, 6) is -0.848. The third-order valence-corrected chi connectivity index (χ3v) is 4.78. The number of carbonyl (C=O) groups is 1. The minimum atomic E-state index is -3.24. The topological polar surface area (TPSA) is 83.9 Å². The first kappa shape index (κ1) is 14.4. The van der Waals surface area contributed by atoms with Gasteiger partial charge in [-0.15, -0.1) is 0 Å². The van der Waals surface area contributed by atoms with Crippen molar-refractivity contribution in [2.24, 2.45) is 5.92 Å². The molecule has 6 nitrogen and oxygen atoms in total. The Balaban J connectivity index is 2.43. The fourth-order valence-corrected chi connectivity index (χ4v) is 3.54. The van der Waals surface area contributed by atoms with Gasteiger partial charge in [0.15, 0.2) is 0 Å². The lowest BCUT2D eigenvalue weighted by Gasteiger charge is -2.16. The molecule has 0 aliphatic carbocycles. The van der Waals surface area contributed by atoms with Gasteiger partial charge in [0.2, 0.25) is 10.0 Å². The number of carboxylic acid groups (broad SMARTS) is 1. The Morgan fingerprint density at radius 3 is 2.82 bits per heavy atom. The maximum absolute atomic E-state index is 11.9. The molecule has 0 saturated carbocycles. The van der Waals surface area contributed by atoms with E-state index in [0.29, 0.717) is 32.5 Å². The number of ether oxygens (including phenoxy) is 1. The number of rotatable bonds is 7. The zero-order chi connectivity index (χ0) is 12.9. The van der Waals surface area contributed by atoms with E-state index >= 15 is 0 Å². The van der Waals surface area contributed by atoms with Crippen LogP contribution in [-0.4, -0.2) is 56.4 Å². The van der Waals surface area contributed by atoms with Crippen molar-refractivity contribution in [2.45, 2.75) is 19.3 Å². The van der Waals surface area contributed by atoms with Gasteiger partial charge < -0.3 is 9.84 Å². The highest BCUT2D eigenvalue weighted by atomic mass is 32.2. The normalized spacial score (nSPS) is 21.8. The maximum atomic E-state index is 11.9. The van der Waals surface area contributed by atoms with Crippen LogP contribution in [0.25, 0.3) is 0 Å². The molecule has 1 unspecified atom stereocenters. The highest BCUT2D eigenvalue weighted by Crippen LogP contribution is 2.22. The Kier molecular flexibility index (Phi) is 5.35. The molecule has 17 heavy (non-hydrogen) atoms. The number of nitrogens with zero attached hydrogens (tertiary/aromatic N) is 1. The summed E-state index contributed by atoms with van der Waals surface area (Å²) in [6, 6.07) is 0. The van der Waals surface area contributed by atoms with Crippen LogP contribution >= 0.6 is 0 Å². The van der Waals surface area contributed by atoms with Crippen LogP contribution in [0.4, 0.5) is 0 Å². The molecule has 0 aromatic heterocycles. The summed E-state index contributed by atoms with van der Waals surface area (Å²) < 4.78 is 29.9. The van der Waals surface area contributed by atoms with E-state index in [2.05, 4.69) is 0 Å². The van der Waals surface area contributed by atoms with Crippen molar-refractivity contribution < 1.29 is 23.1 Å². The molecule has 1 N–H and O–H groups in total. The van der Waals surface area contributed by atoms with Crippen molar-refractivity contribution in [2.75, 3.05) is 32.6 Å². The first-order chi connectivity index (χ1) is 7.95. The van der Waals surface area contributed by atoms with Crippen molar-refractivity contribution in [1.29, 1.82) is 0 Å². The fraction of sp³-hybridized carbons (Fsp3) is 0.900. The highest BCUT2D eigenvalue weighted by Gasteiger charge is 2.31. The number of hydrogen-bond donors (Lipinski definition) is 1. The van der Waals surface area contributed by atoms with Crippen molar-refractivity contribution in [3.63, 3.8) is 0 Å². The monoisotopic (exact) mass is 265 g/mol. The minimum absolute atomic E-state index is 0.0457. The molecule has 100 valence electrons. The smallest absolute Gasteiger partial charge is 0.303 e. The van der Waals surface area contributed by atoms with Crippen molar-refractivity contribution >= 4 is 16.0 Å². The van der Waals surface area contributed by atoms with Gasteiger partial charge >= 0.3 is 5.97 Å². The zero-order valence-corrected chi connectivity index (χ0v) is 10.8. The van der Waals surface area contributed by atoms with E-state index in [1.807, 2.05) is 0 Å². The molecular formula is C10H19NO5S. The Morgan fingerprint density at radius 1 is 1.53 bits per heavy atom. The molecule has 1 rings (SSSR count). The molecule has 0 amide bonds. The molecule has 1 aliphatic rings. The van der Waals surface area contributed by atoms with E-state index in [4.69, 9.17) is 9.84 Å². The fourth-order valence-electron chi connectivity index (χ4n) is 1.98. The van der Waals surface area contributed by atoms with Crippen LogP contribution < -0.4 is 0 Å². The number of methoxy groups -OCH3 is 1. The van der Waals surface area contributed by atoms with Gasteiger partial charge in [-0.3, -0.25) is 4.79 Å². The van der Waals surface area contributed by atoms with Crippen molar-refractivity contribution in [1.82, 2.24) is 4.31 Å². The first-order valence-electron chi connectivity index (χ1n) is 5.64. The van der Waals surface area contributed by atoms with Gasteiger partial charge in [0.05, 0.1) is 5.75 Å². The zero-order valence-electron chi connectivity index (χ0n) is 9.96. The standard InChI is InChI=1S/C10H19NO5S/c1-16-5-2-6-17(14,15)11-4-3-9(8-11)7-10(12)13/h9H,2-8H2,1H3,(H,12,13). The second-order valence-corrected chi connectivity index (χ2v) is 6.36. The van der Waals surface area contributed by atoms with E-state index in [0.717, 1.165) is 0 Å². The second-order valence-electron chi connectivity index (χ2n) is 4.27. The van der Waals surface area contributed by atoms with Gasteiger partial charge in [-0.1, -0.05) is 0 Å². The lowest BCUT2D eigenvalue weighted by Crippen LogP contribution is -2.31. The molecule has 0 radical (unpaired) electrons. The van der Waals surface area contributed by atoms with Crippen molar-refractivity contribution in [3.05, 3.63) is 0 Å². The van der Waals surface area contributed by atoms with E-state index in [1.54, 1.807) is 0 Å². The Labute approximate surface area is 102 Å². The van der Waals surface area contributed by atoms with Gasteiger partial charge in [0.25, 0.3) is 0 Å². The van der Waals surface area contributed by atoms with Crippen LogP contribution in [0.5, 0.6) is 0 Å². The molecular weight excluding hydrogens is 246 g/mol. The van der Waals surface area contributed by atoms with Crippen LogP contribution in [0.15, 0.2) is 0 Å². The minimum Gasteiger partial charge on any atom is -0.481 e. The van der Waals surface area contributed by atoms with Crippen LogP contribution in [0.1, 0.15) is 19.3 Å². The largest absolute Gasteiger partial charge is 0.481 e. The summed E-state index contributed by atoms with van der Waals surface area (Å²) in [4.78, 5) is 10.5. The highest BCUT2D eigenvalue weighted by molar-refractivity contribution is 7.89. The van der Waals surface area contributed by atoms with E-state index in [1.165, 1.54) is 11.4 Å². The molecule has 7 heteroatoms. The summed E-state index contributed by atoms with van der Waals surface area (Å²) in [6.07, 6.45) is 1.15. The van der Waals surface area contributed by atoms with E-state index in [-0.39, 0.29) is 18.1 Å². The molecule has 1 aliphatic heterocycles. The third-order valence-electron chi connectivity index (χ3n) is 2.86. The van der Waals surface area contributed by atoms with Gasteiger partial charge in [0, 0.05) is 33.2 Å². The first-order valence-corrected chi connectivity index (χ1v) is 7.25. The van der Waals surface area contributed by atoms with Crippen LogP contribution in [0.2, 0.25) is 0 Å². The third kappa shape index (κ3) is 4.61. The predicted octanol–water partition coefficient (Wildman–Crippen LogP) is 0.149. The second kappa shape index (κ2) is 6.32. The number of aliphatic carboxylic acids is 1. The Bertz CT molecular complexity index is 354. The summed E-state index contributed by atoms with van der Waals surface area (Å²) in [7, 11) is -1.71. The molecule has 0 spiro atoms. The number of carboxylic acids is 1. The quantitative estimate of drug-likeness (QED) is 0.662. The number of hydrogen-bond acceptors (Lipinski definition) is 4. The summed E-state index contributed by atoms with van der Waals surface area (Å²) >= 11 is 0. The van der Waals surface area contributed by atoms with Crippen molar-refractivity contribution in [3.8, 4) is 0 Å². The lowest BCUT2D eigenvalue weighted by atomic mass is 10.1. The molecule has 1 heterocycles. The molecule has 0 aromatic rings. The van der Waals surface area contributed by atoms with Crippen LogP contribution in [0.3, 0.4) is 0 Å². The SMILES string of the molecule is COCCCS(=O)(=O)N1CCC(CC(=O)O)C1. The number of sulfonamides is 1.